The van der Waals surface area contributed by atoms with Gasteiger partial charge in [-0.15, -0.1) is 0 Å². The number of rotatable bonds is 6. The number of nitro benzene ring substituents is 1. The van der Waals surface area contributed by atoms with E-state index in [0.717, 1.165) is 6.42 Å². The third-order valence-corrected chi connectivity index (χ3v) is 2.66. The Hall–Kier alpha value is -2.11. The normalized spacial score (nSPS) is 11.9. The molecule has 0 saturated heterocycles. The van der Waals surface area contributed by atoms with Gasteiger partial charge in [-0.25, -0.2) is 4.79 Å². The second-order valence-electron chi connectivity index (χ2n) is 3.98. The summed E-state index contributed by atoms with van der Waals surface area (Å²) in [5.74, 6) is -0.949. The maximum absolute atomic E-state index is 11.0. The maximum Gasteiger partial charge on any atom is 0.326 e. The summed E-state index contributed by atoms with van der Waals surface area (Å²) in [7, 11) is 0. The smallest absolute Gasteiger partial charge is 0.326 e. The average Bonchev–Trinajstić information content (AvgIpc) is 2.35. The van der Waals surface area contributed by atoms with Gasteiger partial charge in [-0.05, 0) is 19.4 Å². The highest BCUT2D eigenvalue weighted by atomic mass is 16.6. The molecule has 1 unspecified atom stereocenters. The Morgan fingerprint density at radius 2 is 2.22 bits per heavy atom. The molecule has 0 fully saturated rings. The van der Waals surface area contributed by atoms with Gasteiger partial charge in [-0.2, -0.15) is 0 Å². The molecule has 18 heavy (non-hydrogen) atoms. The summed E-state index contributed by atoms with van der Waals surface area (Å²) in [5.41, 5.74) is 0.521. The van der Waals surface area contributed by atoms with E-state index >= 15 is 0 Å². The van der Waals surface area contributed by atoms with Crippen molar-refractivity contribution in [3.63, 3.8) is 0 Å². The summed E-state index contributed by atoms with van der Waals surface area (Å²) >= 11 is 0. The van der Waals surface area contributed by atoms with Crippen LogP contribution < -0.4 is 4.90 Å². The van der Waals surface area contributed by atoms with Gasteiger partial charge in [0.25, 0.3) is 5.69 Å². The number of carboxylic acid groups (broad SMARTS) is 1. The van der Waals surface area contributed by atoms with Crippen LogP contribution in [0.3, 0.4) is 0 Å². The van der Waals surface area contributed by atoms with E-state index in [1.165, 1.54) is 12.1 Å². The lowest BCUT2D eigenvalue weighted by Crippen LogP contribution is -2.39. The molecular weight excluding hydrogens is 236 g/mol. The van der Waals surface area contributed by atoms with Crippen molar-refractivity contribution in [3.05, 3.63) is 34.4 Å². The fourth-order valence-electron chi connectivity index (χ4n) is 1.71. The Labute approximate surface area is 105 Å². The third kappa shape index (κ3) is 3.19. The van der Waals surface area contributed by atoms with Gasteiger partial charge < -0.3 is 10.0 Å². The largest absolute Gasteiger partial charge is 0.480 e. The molecule has 1 aromatic carbocycles. The SMILES string of the molecule is CCCN(c1cccc([N+](=O)[O-])c1)C(C)C(=O)O. The molecule has 0 aromatic heterocycles. The number of benzene rings is 1. The molecule has 1 atom stereocenters. The van der Waals surface area contributed by atoms with Crippen LogP contribution >= 0.6 is 0 Å². The lowest BCUT2D eigenvalue weighted by molar-refractivity contribution is -0.384. The van der Waals surface area contributed by atoms with Gasteiger partial charge in [0.1, 0.15) is 6.04 Å². The monoisotopic (exact) mass is 252 g/mol. The lowest BCUT2D eigenvalue weighted by atomic mass is 10.2. The van der Waals surface area contributed by atoms with Crippen molar-refractivity contribution in [1.82, 2.24) is 0 Å². The van der Waals surface area contributed by atoms with Gasteiger partial charge in [0.2, 0.25) is 0 Å². The molecule has 0 heterocycles. The molecule has 0 saturated carbocycles. The molecule has 0 aliphatic heterocycles. The van der Waals surface area contributed by atoms with Gasteiger partial charge >= 0.3 is 5.97 Å². The van der Waals surface area contributed by atoms with Crippen LogP contribution in [-0.4, -0.2) is 28.6 Å². The standard InChI is InChI=1S/C12H16N2O4/c1-3-7-13(9(2)12(15)16)10-5-4-6-11(8-10)14(17)18/h4-6,8-9H,3,7H2,1-2H3,(H,15,16). The van der Waals surface area contributed by atoms with Gasteiger partial charge in [0.15, 0.2) is 0 Å². The molecule has 1 N–H and O–H groups in total. The van der Waals surface area contributed by atoms with E-state index in [1.807, 2.05) is 6.92 Å². The summed E-state index contributed by atoms with van der Waals surface area (Å²) in [6.07, 6.45) is 0.764. The first-order valence-corrected chi connectivity index (χ1v) is 5.71. The van der Waals surface area contributed by atoms with Crippen LogP contribution in [0.5, 0.6) is 0 Å². The van der Waals surface area contributed by atoms with E-state index in [9.17, 15) is 14.9 Å². The second-order valence-corrected chi connectivity index (χ2v) is 3.98. The Morgan fingerprint density at radius 1 is 1.56 bits per heavy atom. The number of aliphatic carboxylic acids is 1. The van der Waals surface area contributed by atoms with Crippen LogP contribution in [0.25, 0.3) is 0 Å². The Morgan fingerprint density at radius 3 is 2.72 bits per heavy atom. The van der Waals surface area contributed by atoms with Crippen molar-refractivity contribution in [1.29, 1.82) is 0 Å². The van der Waals surface area contributed by atoms with Crippen LogP contribution in [0.2, 0.25) is 0 Å². The average molecular weight is 252 g/mol. The molecular formula is C12H16N2O4. The predicted molar refractivity (Wildman–Crippen MR) is 67.8 cm³/mol. The number of carboxylic acids is 1. The highest BCUT2D eigenvalue weighted by molar-refractivity contribution is 5.78. The van der Waals surface area contributed by atoms with Crippen molar-refractivity contribution >= 4 is 17.3 Å². The Kier molecular flexibility index (Phi) is 4.65. The molecule has 1 rings (SSSR count). The Bertz CT molecular complexity index is 447. The van der Waals surface area contributed by atoms with Gasteiger partial charge in [0, 0.05) is 24.4 Å². The highest BCUT2D eigenvalue weighted by Gasteiger charge is 2.21. The Balaban J connectivity index is 3.09. The van der Waals surface area contributed by atoms with Crippen LogP contribution in [0.1, 0.15) is 20.3 Å². The van der Waals surface area contributed by atoms with Crippen molar-refractivity contribution < 1.29 is 14.8 Å². The molecule has 0 aliphatic rings. The van der Waals surface area contributed by atoms with Crippen LogP contribution in [-0.2, 0) is 4.79 Å². The van der Waals surface area contributed by atoms with E-state index in [1.54, 1.807) is 24.0 Å². The molecule has 6 nitrogen and oxygen atoms in total. The van der Waals surface area contributed by atoms with Crippen LogP contribution in [0.4, 0.5) is 11.4 Å². The maximum atomic E-state index is 11.0. The zero-order valence-corrected chi connectivity index (χ0v) is 10.4. The number of hydrogen-bond donors (Lipinski definition) is 1. The van der Waals surface area contributed by atoms with Crippen molar-refractivity contribution in [3.8, 4) is 0 Å². The van der Waals surface area contributed by atoms with Crippen molar-refractivity contribution in [2.75, 3.05) is 11.4 Å². The number of nitrogens with zero attached hydrogens (tertiary/aromatic N) is 2. The third-order valence-electron chi connectivity index (χ3n) is 2.66. The molecule has 6 heteroatoms. The fourth-order valence-corrected chi connectivity index (χ4v) is 1.71. The quantitative estimate of drug-likeness (QED) is 0.620. The first-order chi connectivity index (χ1) is 8.47. The van der Waals surface area contributed by atoms with Crippen molar-refractivity contribution in [2.24, 2.45) is 0 Å². The summed E-state index contributed by atoms with van der Waals surface area (Å²) in [5, 5.41) is 19.8. The minimum Gasteiger partial charge on any atom is -0.480 e. The number of non-ortho nitro benzene ring substituents is 1. The lowest BCUT2D eigenvalue weighted by Gasteiger charge is -2.28. The molecule has 0 radical (unpaired) electrons. The molecule has 0 amide bonds. The van der Waals surface area contributed by atoms with E-state index in [4.69, 9.17) is 5.11 Å². The van der Waals surface area contributed by atoms with Crippen LogP contribution in [0.15, 0.2) is 24.3 Å². The second kappa shape index (κ2) is 6.00. The van der Waals surface area contributed by atoms with Gasteiger partial charge in [-0.1, -0.05) is 13.0 Å². The first-order valence-electron chi connectivity index (χ1n) is 5.71. The van der Waals surface area contributed by atoms with Crippen molar-refractivity contribution in [2.45, 2.75) is 26.3 Å². The van der Waals surface area contributed by atoms with Gasteiger partial charge in [0.05, 0.1) is 4.92 Å². The summed E-state index contributed by atoms with van der Waals surface area (Å²) in [4.78, 5) is 22.9. The highest BCUT2D eigenvalue weighted by Crippen LogP contribution is 2.23. The number of hydrogen-bond acceptors (Lipinski definition) is 4. The van der Waals surface area contributed by atoms with E-state index in [2.05, 4.69) is 0 Å². The topological polar surface area (TPSA) is 83.7 Å². The summed E-state index contributed by atoms with van der Waals surface area (Å²) in [6.45, 7) is 4.03. The number of carbonyl (C=O) groups is 1. The fraction of sp³-hybridized carbons (Fsp3) is 0.417. The first kappa shape index (κ1) is 14.0. The molecule has 0 aliphatic carbocycles. The van der Waals surface area contributed by atoms with E-state index < -0.39 is 16.9 Å². The number of anilines is 1. The summed E-state index contributed by atoms with van der Waals surface area (Å²) < 4.78 is 0. The van der Waals surface area contributed by atoms with E-state index in [0.29, 0.717) is 12.2 Å². The minimum atomic E-state index is -0.949. The molecule has 98 valence electrons. The zero-order chi connectivity index (χ0) is 13.7. The van der Waals surface area contributed by atoms with E-state index in [-0.39, 0.29) is 5.69 Å². The zero-order valence-electron chi connectivity index (χ0n) is 10.4. The van der Waals surface area contributed by atoms with Gasteiger partial charge in [-0.3, -0.25) is 10.1 Å². The molecule has 0 spiro atoms. The van der Waals surface area contributed by atoms with Crippen LogP contribution in [0, 0.1) is 10.1 Å². The predicted octanol–water partition coefficient (Wildman–Crippen LogP) is 2.28. The molecule has 1 aromatic rings. The minimum absolute atomic E-state index is 0.0359. The summed E-state index contributed by atoms with van der Waals surface area (Å²) in [6, 6.07) is 5.31. The number of nitro groups is 1. The molecule has 0 bridgehead atoms.